The number of nitrogen functional groups attached to an aromatic ring is 1. The number of halogens is 3. The minimum atomic E-state index is -4.30. The second kappa shape index (κ2) is 4.47. The number of aryl methyl sites for hydroxylation is 1. The Morgan fingerprint density at radius 2 is 2.13 bits per heavy atom. The highest BCUT2D eigenvalue weighted by Crippen LogP contribution is 2.14. The van der Waals surface area contributed by atoms with E-state index in [0.29, 0.717) is 5.82 Å². The quantitative estimate of drug-likeness (QED) is 0.757. The minimum Gasteiger partial charge on any atom is -0.372 e. The van der Waals surface area contributed by atoms with Gasteiger partial charge in [0.15, 0.2) is 5.82 Å². The lowest BCUT2D eigenvalue weighted by Crippen LogP contribution is -2.18. The third-order valence-electron chi connectivity index (χ3n) is 1.58. The maximum absolute atomic E-state index is 11.7. The molecule has 5 nitrogen and oxygen atoms in total. The number of anilines is 1. The molecule has 0 spiro atoms. The van der Waals surface area contributed by atoms with Crippen molar-refractivity contribution in [2.24, 2.45) is 7.05 Å². The molecule has 0 saturated carbocycles. The molecular weight excluding hydrogens is 213 g/mol. The fraction of sp³-hybridized carbons (Fsp3) is 0.714. The van der Waals surface area contributed by atoms with Crippen LogP contribution in [0, 0.1) is 0 Å². The molecule has 2 N–H and O–H groups in total. The van der Waals surface area contributed by atoms with Crippen molar-refractivity contribution in [2.75, 3.05) is 18.9 Å². The van der Waals surface area contributed by atoms with E-state index in [2.05, 4.69) is 14.8 Å². The molecule has 86 valence electrons. The Morgan fingerprint density at radius 1 is 1.47 bits per heavy atom. The van der Waals surface area contributed by atoms with Gasteiger partial charge in [-0.2, -0.15) is 23.3 Å². The average molecular weight is 224 g/mol. The molecule has 0 saturated heterocycles. The van der Waals surface area contributed by atoms with Crippen LogP contribution in [-0.4, -0.2) is 34.2 Å². The summed E-state index contributed by atoms with van der Waals surface area (Å²) in [5.74, 6) is 0.595. The third kappa shape index (κ3) is 4.15. The highest BCUT2D eigenvalue weighted by atomic mass is 19.4. The van der Waals surface area contributed by atoms with Crippen LogP contribution in [0.4, 0.5) is 19.1 Å². The maximum Gasteiger partial charge on any atom is 0.411 e. The molecule has 0 aliphatic heterocycles. The number of aromatic nitrogens is 3. The van der Waals surface area contributed by atoms with E-state index in [9.17, 15) is 13.2 Å². The highest BCUT2D eigenvalue weighted by Gasteiger charge is 2.27. The summed E-state index contributed by atoms with van der Waals surface area (Å²) < 4.78 is 40.8. The van der Waals surface area contributed by atoms with Crippen LogP contribution < -0.4 is 5.73 Å². The second-order valence-corrected chi connectivity index (χ2v) is 2.93. The zero-order chi connectivity index (χ0) is 11.5. The first kappa shape index (κ1) is 11.8. The Hall–Kier alpha value is -1.31. The van der Waals surface area contributed by atoms with Gasteiger partial charge in [0, 0.05) is 13.5 Å². The zero-order valence-electron chi connectivity index (χ0n) is 8.08. The molecule has 1 rings (SSSR count). The molecule has 1 aromatic heterocycles. The fourth-order valence-corrected chi connectivity index (χ4v) is 0.909. The first-order valence-electron chi connectivity index (χ1n) is 4.18. The van der Waals surface area contributed by atoms with E-state index < -0.39 is 12.8 Å². The van der Waals surface area contributed by atoms with Crippen LogP contribution >= 0.6 is 0 Å². The predicted molar refractivity (Wildman–Crippen MR) is 46.0 cm³/mol. The van der Waals surface area contributed by atoms with Gasteiger partial charge in [-0.15, -0.1) is 0 Å². The molecule has 0 radical (unpaired) electrons. The Morgan fingerprint density at radius 3 is 2.60 bits per heavy atom. The lowest BCUT2D eigenvalue weighted by molar-refractivity contribution is -0.173. The van der Waals surface area contributed by atoms with Gasteiger partial charge in [0.1, 0.15) is 6.61 Å². The van der Waals surface area contributed by atoms with Crippen LogP contribution in [0.2, 0.25) is 0 Å². The lowest BCUT2D eigenvalue weighted by atomic mass is 10.4. The number of hydrogen-bond acceptors (Lipinski definition) is 4. The van der Waals surface area contributed by atoms with E-state index in [-0.39, 0.29) is 19.0 Å². The molecule has 15 heavy (non-hydrogen) atoms. The summed E-state index contributed by atoms with van der Waals surface area (Å²) in [7, 11) is 1.60. The first-order valence-corrected chi connectivity index (χ1v) is 4.18. The summed E-state index contributed by atoms with van der Waals surface area (Å²) in [5.41, 5.74) is 5.38. The summed E-state index contributed by atoms with van der Waals surface area (Å²) >= 11 is 0. The van der Waals surface area contributed by atoms with Gasteiger partial charge in [0.05, 0.1) is 6.61 Å². The van der Waals surface area contributed by atoms with Gasteiger partial charge >= 0.3 is 6.18 Å². The normalized spacial score (nSPS) is 12.0. The lowest BCUT2D eigenvalue weighted by Gasteiger charge is -2.05. The molecule has 0 atom stereocenters. The van der Waals surface area contributed by atoms with E-state index in [0.717, 1.165) is 0 Å². The molecule has 0 aromatic carbocycles. The van der Waals surface area contributed by atoms with Gasteiger partial charge in [-0.1, -0.05) is 0 Å². The van der Waals surface area contributed by atoms with Crippen molar-refractivity contribution >= 4 is 5.95 Å². The van der Waals surface area contributed by atoms with E-state index in [1.54, 1.807) is 7.05 Å². The van der Waals surface area contributed by atoms with Crippen molar-refractivity contribution in [1.82, 2.24) is 14.8 Å². The Bertz CT molecular complexity index is 303. The Balaban J connectivity index is 2.26. The monoisotopic (exact) mass is 224 g/mol. The van der Waals surface area contributed by atoms with Crippen LogP contribution in [0.5, 0.6) is 0 Å². The van der Waals surface area contributed by atoms with Crippen molar-refractivity contribution in [3.63, 3.8) is 0 Å². The van der Waals surface area contributed by atoms with E-state index in [1.165, 1.54) is 4.68 Å². The van der Waals surface area contributed by atoms with E-state index in [1.807, 2.05) is 0 Å². The molecule has 0 amide bonds. The number of hydrogen-bond donors (Lipinski definition) is 1. The minimum absolute atomic E-state index is 0.0804. The SMILES string of the molecule is Cn1nc(CCOCC(F)(F)F)nc1N. The highest BCUT2D eigenvalue weighted by molar-refractivity contribution is 5.15. The van der Waals surface area contributed by atoms with Crippen LogP contribution in [0.15, 0.2) is 0 Å². The molecule has 1 aromatic rings. The number of nitrogens with zero attached hydrogens (tertiary/aromatic N) is 3. The van der Waals surface area contributed by atoms with Crippen LogP contribution in [0.25, 0.3) is 0 Å². The van der Waals surface area contributed by atoms with Gasteiger partial charge in [-0.05, 0) is 0 Å². The van der Waals surface area contributed by atoms with Gasteiger partial charge < -0.3 is 10.5 Å². The Labute approximate surface area is 84.0 Å². The molecular formula is C7H11F3N4O. The molecule has 0 unspecified atom stereocenters. The van der Waals surface area contributed by atoms with Crippen molar-refractivity contribution in [3.05, 3.63) is 5.82 Å². The van der Waals surface area contributed by atoms with Crippen molar-refractivity contribution in [1.29, 1.82) is 0 Å². The van der Waals surface area contributed by atoms with E-state index in [4.69, 9.17) is 5.73 Å². The van der Waals surface area contributed by atoms with E-state index >= 15 is 0 Å². The average Bonchev–Trinajstić information content (AvgIpc) is 2.39. The fourth-order valence-electron chi connectivity index (χ4n) is 0.909. The number of rotatable bonds is 4. The molecule has 8 heteroatoms. The summed E-state index contributed by atoms with van der Waals surface area (Å²) in [5, 5.41) is 3.86. The first-order chi connectivity index (χ1) is 6.88. The molecule has 0 aliphatic rings. The Kier molecular flexibility index (Phi) is 3.51. The second-order valence-electron chi connectivity index (χ2n) is 2.93. The third-order valence-corrected chi connectivity index (χ3v) is 1.58. The number of nitrogens with two attached hydrogens (primary N) is 1. The van der Waals surface area contributed by atoms with Crippen LogP contribution in [0.3, 0.4) is 0 Å². The van der Waals surface area contributed by atoms with Gasteiger partial charge in [0.25, 0.3) is 0 Å². The summed E-state index contributed by atoms with van der Waals surface area (Å²) in [6.45, 7) is -1.34. The summed E-state index contributed by atoms with van der Waals surface area (Å²) in [4.78, 5) is 3.81. The smallest absolute Gasteiger partial charge is 0.372 e. The predicted octanol–water partition coefficient (Wildman–Crippen LogP) is 0.519. The number of ether oxygens (including phenoxy) is 1. The van der Waals surface area contributed by atoms with Gasteiger partial charge in [-0.25, -0.2) is 4.68 Å². The molecule has 0 aliphatic carbocycles. The summed E-state index contributed by atoms with van der Waals surface area (Å²) in [6, 6.07) is 0. The van der Waals surface area contributed by atoms with Crippen molar-refractivity contribution in [3.8, 4) is 0 Å². The topological polar surface area (TPSA) is 66.0 Å². The largest absolute Gasteiger partial charge is 0.411 e. The molecule has 1 heterocycles. The number of alkyl halides is 3. The maximum atomic E-state index is 11.7. The van der Waals surface area contributed by atoms with Gasteiger partial charge in [0.2, 0.25) is 5.95 Å². The molecule has 0 fully saturated rings. The zero-order valence-corrected chi connectivity index (χ0v) is 8.08. The van der Waals surface area contributed by atoms with Crippen LogP contribution in [0.1, 0.15) is 5.82 Å². The van der Waals surface area contributed by atoms with Crippen molar-refractivity contribution < 1.29 is 17.9 Å². The van der Waals surface area contributed by atoms with Crippen molar-refractivity contribution in [2.45, 2.75) is 12.6 Å². The molecule has 0 bridgehead atoms. The van der Waals surface area contributed by atoms with Crippen LogP contribution in [-0.2, 0) is 18.2 Å². The van der Waals surface area contributed by atoms with Gasteiger partial charge in [-0.3, -0.25) is 0 Å². The summed E-state index contributed by atoms with van der Waals surface area (Å²) in [6.07, 6.45) is -4.09. The standard InChI is InChI=1S/C7H11F3N4O/c1-14-6(11)12-5(13-14)2-3-15-4-7(8,9)10/h2-4H2,1H3,(H2,11,12,13).